The van der Waals surface area contributed by atoms with Crippen LogP contribution in [-0.2, 0) is 6.61 Å². The van der Waals surface area contributed by atoms with Crippen molar-refractivity contribution in [1.29, 1.82) is 0 Å². The molecule has 0 radical (unpaired) electrons. The van der Waals surface area contributed by atoms with E-state index in [2.05, 4.69) is 15.9 Å². The van der Waals surface area contributed by atoms with E-state index in [1.165, 1.54) is 14.2 Å². The molecule has 2 rings (SSSR count). The maximum Gasteiger partial charge on any atom is 0.161 e. The predicted molar refractivity (Wildman–Crippen MR) is 107 cm³/mol. The molecule has 2 N–H and O–H groups in total. The normalized spacial score (nSPS) is 12.1. The van der Waals surface area contributed by atoms with Gasteiger partial charge in [0.1, 0.15) is 0 Å². The zero-order chi connectivity index (χ0) is 20.0. The van der Waals surface area contributed by atoms with Crippen LogP contribution in [0.2, 0.25) is 0 Å². The predicted octanol–water partition coefficient (Wildman–Crippen LogP) is 3.72. The largest absolute Gasteiger partial charge is 0.493 e. The van der Waals surface area contributed by atoms with Crippen LogP contribution in [0, 0.1) is 0 Å². The summed E-state index contributed by atoms with van der Waals surface area (Å²) in [6.45, 7) is -0.170. The summed E-state index contributed by atoms with van der Waals surface area (Å²) in [6, 6.07) is 6.90. The maximum absolute atomic E-state index is 10.6. The standard InChI is InChI=1S/C20H23BrO6/c1-24-17-7-12(13(11-22)8-18(17)25-2)5-6-16(23)14-9-19(26-3)20(27-4)10-15(14)21/h5-10,16,22-23H,11H2,1-4H3/b6-5+. The lowest BCUT2D eigenvalue weighted by Gasteiger charge is -2.15. The van der Waals surface area contributed by atoms with E-state index in [0.29, 0.717) is 44.2 Å². The quantitative estimate of drug-likeness (QED) is 0.653. The van der Waals surface area contributed by atoms with E-state index in [-0.39, 0.29) is 6.61 Å². The lowest BCUT2D eigenvalue weighted by molar-refractivity contribution is 0.227. The molecule has 0 heterocycles. The van der Waals surface area contributed by atoms with Gasteiger partial charge in [0.05, 0.1) is 41.2 Å². The topological polar surface area (TPSA) is 77.4 Å². The molecule has 146 valence electrons. The molecule has 0 aromatic heterocycles. The summed E-state index contributed by atoms with van der Waals surface area (Å²) in [5.74, 6) is 2.15. The van der Waals surface area contributed by atoms with Gasteiger partial charge in [-0.3, -0.25) is 0 Å². The van der Waals surface area contributed by atoms with Crippen LogP contribution >= 0.6 is 15.9 Å². The van der Waals surface area contributed by atoms with E-state index in [9.17, 15) is 10.2 Å². The number of methoxy groups -OCH3 is 4. The van der Waals surface area contributed by atoms with Crippen molar-refractivity contribution in [3.05, 3.63) is 51.5 Å². The highest BCUT2D eigenvalue weighted by atomic mass is 79.9. The van der Waals surface area contributed by atoms with Crippen LogP contribution < -0.4 is 18.9 Å². The third-order valence-corrected chi connectivity index (χ3v) is 4.78. The van der Waals surface area contributed by atoms with Crippen LogP contribution in [0.25, 0.3) is 6.08 Å². The molecule has 2 aromatic rings. The average molecular weight is 439 g/mol. The Kier molecular flexibility index (Phi) is 7.53. The fourth-order valence-corrected chi connectivity index (χ4v) is 3.18. The van der Waals surface area contributed by atoms with E-state index in [4.69, 9.17) is 18.9 Å². The van der Waals surface area contributed by atoms with Crippen molar-refractivity contribution in [2.45, 2.75) is 12.7 Å². The molecule has 0 aliphatic rings. The number of aliphatic hydroxyl groups excluding tert-OH is 2. The molecule has 0 spiro atoms. The van der Waals surface area contributed by atoms with Gasteiger partial charge in [0, 0.05) is 10.0 Å². The second kappa shape index (κ2) is 9.64. The lowest BCUT2D eigenvalue weighted by Crippen LogP contribution is -1.99. The molecule has 6 nitrogen and oxygen atoms in total. The van der Waals surface area contributed by atoms with Gasteiger partial charge in [0.2, 0.25) is 0 Å². The number of benzene rings is 2. The van der Waals surface area contributed by atoms with Crippen LogP contribution in [0.4, 0.5) is 0 Å². The number of hydrogen-bond donors (Lipinski definition) is 2. The van der Waals surface area contributed by atoms with Crippen molar-refractivity contribution >= 4 is 22.0 Å². The Morgan fingerprint density at radius 1 is 0.889 bits per heavy atom. The first-order valence-electron chi connectivity index (χ1n) is 8.12. The van der Waals surface area contributed by atoms with E-state index in [0.717, 1.165) is 0 Å². The molecule has 1 atom stereocenters. The Hall–Kier alpha value is -2.22. The van der Waals surface area contributed by atoms with Gasteiger partial charge in [-0.1, -0.05) is 28.1 Å². The molecule has 27 heavy (non-hydrogen) atoms. The molecular weight excluding hydrogens is 416 g/mol. The van der Waals surface area contributed by atoms with Gasteiger partial charge < -0.3 is 29.2 Å². The third-order valence-electron chi connectivity index (χ3n) is 4.10. The van der Waals surface area contributed by atoms with Crippen LogP contribution in [0.5, 0.6) is 23.0 Å². The van der Waals surface area contributed by atoms with Gasteiger partial charge in [0.25, 0.3) is 0 Å². The minimum Gasteiger partial charge on any atom is -0.493 e. The van der Waals surface area contributed by atoms with Gasteiger partial charge in [-0.05, 0) is 35.4 Å². The monoisotopic (exact) mass is 438 g/mol. The molecule has 0 aliphatic heterocycles. The number of aliphatic hydroxyl groups is 2. The Bertz CT molecular complexity index is 819. The van der Waals surface area contributed by atoms with Gasteiger partial charge in [-0.15, -0.1) is 0 Å². The van der Waals surface area contributed by atoms with Gasteiger partial charge in [0.15, 0.2) is 23.0 Å². The second-order valence-corrected chi connectivity index (χ2v) is 6.45. The Morgan fingerprint density at radius 2 is 1.41 bits per heavy atom. The van der Waals surface area contributed by atoms with Crippen LogP contribution in [0.3, 0.4) is 0 Å². The van der Waals surface area contributed by atoms with Crippen LogP contribution in [-0.4, -0.2) is 38.7 Å². The Morgan fingerprint density at radius 3 is 1.96 bits per heavy atom. The highest BCUT2D eigenvalue weighted by Crippen LogP contribution is 2.37. The fourth-order valence-electron chi connectivity index (χ4n) is 2.62. The summed E-state index contributed by atoms with van der Waals surface area (Å²) in [5.41, 5.74) is 1.99. The second-order valence-electron chi connectivity index (χ2n) is 5.60. The third kappa shape index (κ3) is 4.74. The van der Waals surface area contributed by atoms with Crippen molar-refractivity contribution in [3.8, 4) is 23.0 Å². The lowest BCUT2D eigenvalue weighted by atomic mass is 10.0. The summed E-state index contributed by atoms with van der Waals surface area (Å²) in [6.07, 6.45) is 2.44. The van der Waals surface area contributed by atoms with Gasteiger partial charge in [-0.25, -0.2) is 0 Å². The summed E-state index contributed by atoms with van der Waals surface area (Å²) in [7, 11) is 6.16. The molecule has 2 aromatic carbocycles. The van der Waals surface area contributed by atoms with Crippen molar-refractivity contribution < 1.29 is 29.2 Å². The zero-order valence-corrected chi connectivity index (χ0v) is 17.2. The highest BCUT2D eigenvalue weighted by molar-refractivity contribution is 9.10. The SMILES string of the molecule is COc1cc(Br)c(C(O)/C=C/c2cc(OC)c(OC)cc2CO)cc1OC. The van der Waals surface area contributed by atoms with Crippen LogP contribution in [0.1, 0.15) is 22.8 Å². The molecule has 0 fully saturated rings. The molecule has 0 aliphatic carbocycles. The molecular formula is C20H23BrO6. The summed E-state index contributed by atoms with van der Waals surface area (Å²) in [4.78, 5) is 0. The molecule has 0 amide bonds. The van der Waals surface area contributed by atoms with E-state index >= 15 is 0 Å². The van der Waals surface area contributed by atoms with Crippen molar-refractivity contribution in [2.75, 3.05) is 28.4 Å². The highest BCUT2D eigenvalue weighted by Gasteiger charge is 2.15. The Balaban J connectivity index is 2.38. The van der Waals surface area contributed by atoms with E-state index in [1.54, 1.807) is 50.6 Å². The van der Waals surface area contributed by atoms with Crippen molar-refractivity contribution in [1.82, 2.24) is 0 Å². The maximum atomic E-state index is 10.6. The summed E-state index contributed by atoms with van der Waals surface area (Å²) < 4.78 is 21.8. The number of rotatable bonds is 8. The first-order chi connectivity index (χ1) is 13.0. The summed E-state index contributed by atoms with van der Waals surface area (Å²) >= 11 is 3.44. The van der Waals surface area contributed by atoms with E-state index in [1.807, 2.05) is 0 Å². The van der Waals surface area contributed by atoms with E-state index < -0.39 is 6.10 Å². The number of hydrogen-bond acceptors (Lipinski definition) is 6. The molecule has 0 saturated heterocycles. The zero-order valence-electron chi connectivity index (χ0n) is 15.7. The van der Waals surface area contributed by atoms with Crippen molar-refractivity contribution in [2.24, 2.45) is 0 Å². The van der Waals surface area contributed by atoms with Gasteiger partial charge in [-0.2, -0.15) is 0 Å². The van der Waals surface area contributed by atoms with Crippen molar-refractivity contribution in [3.63, 3.8) is 0 Å². The first kappa shape index (κ1) is 21.1. The first-order valence-corrected chi connectivity index (χ1v) is 8.91. The Labute approximate surface area is 167 Å². The molecule has 7 heteroatoms. The minimum absolute atomic E-state index is 0.170. The molecule has 1 unspecified atom stereocenters. The molecule has 0 saturated carbocycles. The number of halogens is 1. The van der Waals surface area contributed by atoms with Gasteiger partial charge >= 0.3 is 0 Å². The number of ether oxygens (including phenoxy) is 4. The average Bonchev–Trinajstić information content (AvgIpc) is 2.70. The van der Waals surface area contributed by atoms with Crippen LogP contribution in [0.15, 0.2) is 34.8 Å². The fraction of sp³-hybridized carbons (Fsp3) is 0.300. The summed E-state index contributed by atoms with van der Waals surface area (Å²) in [5, 5.41) is 20.2. The molecule has 0 bridgehead atoms. The minimum atomic E-state index is -0.904. The smallest absolute Gasteiger partial charge is 0.161 e.